The molecular formula is C13H14Cl3N3O. The first kappa shape index (κ1) is 15.6. The molecule has 0 saturated heterocycles. The fourth-order valence-corrected chi connectivity index (χ4v) is 2.69. The molecule has 108 valence electrons. The Morgan fingerprint density at radius 1 is 1.20 bits per heavy atom. The van der Waals surface area contributed by atoms with Gasteiger partial charge in [0.2, 0.25) is 0 Å². The quantitative estimate of drug-likeness (QED) is 0.873. The van der Waals surface area contributed by atoms with E-state index in [9.17, 15) is 5.11 Å². The zero-order valence-electron chi connectivity index (χ0n) is 10.8. The number of hydrogen-bond acceptors (Lipinski definition) is 3. The molecule has 0 spiro atoms. The zero-order chi connectivity index (χ0) is 14.8. The average molecular weight is 335 g/mol. The predicted octanol–water partition coefficient (Wildman–Crippen LogP) is 3.23. The summed E-state index contributed by atoms with van der Waals surface area (Å²) in [5.74, 6) is 0. The lowest BCUT2D eigenvalue weighted by Gasteiger charge is -2.31. The number of benzene rings is 1. The largest absolute Gasteiger partial charge is 0.383 e. The highest BCUT2D eigenvalue weighted by Crippen LogP contribution is 2.40. The topological polar surface area (TPSA) is 50.9 Å². The monoisotopic (exact) mass is 333 g/mol. The van der Waals surface area contributed by atoms with Crippen LogP contribution in [0.2, 0.25) is 0 Å². The van der Waals surface area contributed by atoms with Crippen molar-refractivity contribution in [1.29, 1.82) is 0 Å². The summed E-state index contributed by atoms with van der Waals surface area (Å²) in [7, 11) is 0. The SMILES string of the molecule is Cc1ccc(C(O)(Cn2cncn2)CC(Cl)(Cl)Cl)cc1. The van der Waals surface area contributed by atoms with E-state index in [2.05, 4.69) is 10.1 Å². The van der Waals surface area contributed by atoms with Crippen LogP contribution in [0.1, 0.15) is 17.5 Å². The van der Waals surface area contributed by atoms with Crippen LogP contribution in [0.15, 0.2) is 36.9 Å². The van der Waals surface area contributed by atoms with Gasteiger partial charge in [-0.1, -0.05) is 64.6 Å². The van der Waals surface area contributed by atoms with Gasteiger partial charge in [-0.3, -0.25) is 0 Å². The molecular weight excluding hydrogens is 321 g/mol. The minimum Gasteiger partial charge on any atom is -0.383 e. The number of aliphatic hydroxyl groups is 1. The first-order chi connectivity index (χ1) is 9.28. The maximum absolute atomic E-state index is 10.9. The van der Waals surface area contributed by atoms with Crippen LogP contribution in [0.25, 0.3) is 0 Å². The van der Waals surface area contributed by atoms with Gasteiger partial charge in [0, 0.05) is 6.42 Å². The Hall–Kier alpha value is -0.810. The predicted molar refractivity (Wildman–Crippen MR) is 80.0 cm³/mol. The second-order valence-electron chi connectivity index (χ2n) is 4.78. The van der Waals surface area contributed by atoms with Crippen LogP contribution in [0.4, 0.5) is 0 Å². The van der Waals surface area contributed by atoms with Crippen molar-refractivity contribution in [3.8, 4) is 0 Å². The summed E-state index contributed by atoms with van der Waals surface area (Å²) in [5, 5.41) is 14.9. The third-order valence-electron chi connectivity index (χ3n) is 2.97. The molecule has 0 aliphatic rings. The molecule has 1 aromatic carbocycles. The lowest BCUT2D eigenvalue weighted by molar-refractivity contribution is 0.00735. The van der Waals surface area contributed by atoms with E-state index in [-0.39, 0.29) is 13.0 Å². The van der Waals surface area contributed by atoms with E-state index >= 15 is 0 Å². The normalized spacial score (nSPS) is 15.1. The Morgan fingerprint density at radius 3 is 2.35 bits per heavy atom. The van der Waals surface area contributed by atoms with Gasteiger partial charge in [0.05, 0.1) is 6.54 Å². The van der Waals surface area contributed by atoms with Crippen molar-refractivity contribution in [3.63, 3.8) is 0 Å². The Bertz CT molecular complexity index is 551. The van der Waals surface area contributed by atoms with Crippen molar-refractivity contribution in [2.24, 2.45) is 0 Å². The van der Waals surface area contributed by atoms with Crippen LogP contribution < -0.4 is 0 Å². The Labute approximate surface area is 132 Å². The molecule has 1 aromatic heterocycles. The second-order valence-corrected chi connectivity index (χ2v) is 7.30. The van der Waals surface area contributed by atoms with Gasteiger partial charge in [-0.2, -0.15) is 5.10 Å². The van der Waals surface area contributed by atoms with E-state index in [1.807, 2.05) is 31.2 Å². The molecule has 1 unspecified atom stereocenters. The van der Waals surface area contributed by atoms with E-state index < -0.39 is 9.39 Å². The number of aryl methyl sites for hydroxylation is 1. The summed E-state index contributed by atoms with van der Waals surface area (Å²) < 4.78 is -0.0590. The highest BCUT2D eigenvalue weighted by atomic mass is 35.6. The summed E-state index contributed by atoms with van der Waals surface area (Å²) >= 11 is 17.6. The van der Waals surface area contributed by atoms with Crippen molar-refractivity contribution >= 4 is 34.8 Å². The van der Waals surface area contributed by atoms with E-state index in [4.69, 9.17) is 34.8 Å². The van der Waals surface area contributed by atoms with Gasteiger partial charge < -0.3 is 5.11 Å². The number of aromatic nitrogens is 3. The number of halogens is 3. The third kappa shape index (κ3) is 4.09. The molecule has 0 saturated carbocycles. The number of nitrogens with zero attached hydrogens (tertiary/aromatic N) is 3. The lowest BCUT2D eigenvalue weighted by Crippen LogP contribution is -2.35. The summed E-state index contributed by atoms with van der Waals surface area (Å²) in [6.07, 6.45) is 2.86. The second kappa shape index (κ2) is 5.90. The van der Waals surface area contributed by atoms with Crippen molar-refractivity contribution in [1.82, 2.24) is 14.8 Å². The molecule has 0 aliphatic carbocycles. The van der Waals surface area contributed by atoms with E-state index in [1.54, 1.807) is 0 Å². The minimum atomic E-state index is -1.57. The molecule has 0 aliphatic heterocycles. The van der Waals surface area contributed by atoms with Crippen LogP contribution in [-0.2, 0) is 12.1 Å². The van der Waals surface area contributed by atoms with Crippen LogP contribution in [0.5, 0.6) is 0 Å². The average Bonchev–Trinajstić information content (AvgIpc) is 2.79. The van der Waals surface area contributed by atoms with Gasteiger partial charge >= 0.3 is 0 Å². The minimum absolute atomic E-state index is 0.0480. The van der Waals surface area contributed by atoms with Gasteiger partial charge in [-0.15, -0.1) is 0 Å². The molecule has 2 rings (SSSR count). The van der Waals surface area contributed by atoms with E-state index in [0.29, 0.717) is 5.56 Å². The zero-order valence-corrected chi connectivity index (χ0v) is 13.1. The maximum Gasteiger partial charge on any atom is 0.193 e. The molecule has 0 amide bonds. The number of alkyl halides is 3. The molecule has 1 heterocycles. The van der Waals surface area contributed by atoms with Crippen LogP contribution >= 0.6 is 34.8 Å². The van der Waals surface area contributed by atoms with Crippen LogP contribution in [0, 0.1) is 6.92 Å². The smallest absolute Gasteiger partial charge is 0.193 e. The fraction of sp³-hybridized carbons (Fsp3) is 0.385. The Balaban J connectivity index is 2.34. The molecule has 7 heteroatoms. The Kier molecular flexibility index (Phi) is 4.59. The summed E-state index contributed by atoms with van der Waals surface area (Å²) in [4.78, 5) is 3.85. The molecule has 20 heavy (non-hydrogen) atoms. The molecule has 2 aromatic rings. The number of rotatable bonds is 4. The number of hydrogen-bond donors (Lipinski definition) is 1. The van der Waals surface area contributed by atoms with E-state index in [1.165, 1.54) is 17.3 Å². The summed E-state index contributed by atoms with van der Waals surface area (Å²) in [6, 6.07) is 7.45. The molecule has 0 bridgehead atoms. The van der Waals surface area contributed by atoms with Gasteiger partial charge in [0.15, 0.2) is 3.79 Å². The van der Waals surface area contributed by atoms with Gasteiger partial charge in [0.25, 0.3) is 0 Å². The fourth-order valence-electron chi connectivity index (χ4n) is 2.03. The van der Waals surface area contributed by atoms with Crippen LogP contribution in [-0.4, -0.2) is 23.7 Å². The lowest BCUT2D eigenvalue weighted by atomic mass is 9.90. The van der Waals surface area contributed by atoms with E-state index in [0.717, 1.165) is 5.56 Å². The molecule has 1 atom stereocenters. The molecule has 0 fully saturated rings. The van der Waals surface area contributed by atoms with Crippen molar-refractivity contribution in [3.05, 3.63) is 48.0 Å². The summed E-state index contributed by atoms with van der Waals surface area (Å²) in [6.45, 7) is 2.12. The summed E-state index contributed by atoms with van der Waals surface area (Å²) in [5.41, 5.74) is 0.419. The van der Waals surface area contributed by atoms with Gasteiger partial charge in [0.1, 0.15) is 18.3 Å². The van der Waals surface area contributed by atoms with Gasteiger partial charge in [-0.05, 0) is 12.5 Å². The highest BCUT2D eigenvalue weighted by molar-refractivity contribution is 6.67. The highest BCUT2D eigenvalue weighted by Gasteiger charge is 2.38. The van der Waals surface area contributed by atoms with Crippen molar-refractivity contribution in [2.75, 3.05) is 0 Å². The first-order valence-electron chi connectivity index (χ1n) is 5.97. The van der Waals surface area contributed by atoms with Crippen LogP contribution in [0.3, 0.4) is 0 Å². The van der Waals surface area contributed by atoms with Crippen molar-refractivity contribution < 1.29 is 5.11 Å². The molecule has 0 radical (unpaired) electrons. The first-order valence-corrected chi connectivity index (χ1v) is 7.11. The maximum atomic E-state index is 10.9. The van der Waals surface area contributed by atoms with Crippen molar-refractivity contribution in [2.45, 2.75) is 29.3 Å². The van der Waals surface area contributed by atoms with Gasteiger partial charge in [-0.25, -0.2) is 9.67 Å². The third-order valence-corrected chi connectivity index (χ3v) is 3.37. The Morgan fingerprint density at radius 2 is 1.85 bits per heavy atom. The molecule has 4 nitrogen and oxygen atoms in total. The standard InChI is InChI=1S/C13H14Cl3N3O/c1-10-2-4-11(5-3-10)12(20,6-13(14,15)16)7-19-9-17-8-18-19/h2-5,8-9,20H,6-7H2,1H3. The molecule has 1 N–H and O–H groups in total.